The van der Waals surface area contributed by atoms with Crippen molar-refractivity contribution in [2.45, 2.75) is 38.8 Å². The molecule has 116 valence electrons. The summed E-state index contributed by atoms with van der Waals surface area (Å²) in [7, 11) is 0. The highest BCUT2D eigenvalue weighted by Crippen LogP contribution is 2.15. The molecule has 2 atom stereocenters. The highest BCUT2D eigenvalue weighted by Gasteiger charge is 2.24. The lowest BCUT2D eigenvalue weighted by Gasteiger charge is -2.30. The van der Waals surface area contributed by atoms with Crippen molar-refractivity contribution in [3.8, 4) is 5.69 Å². The lowest BCUT2D eigenvalue weighted by Crippen LogP contribution is -2.51. The second-order valence-corrected chi connectivity index (χ2v) is 5.86. The number of piperidine rings is 1. The number of amides is 1. The number of carbonyl (C=O) groups excluding carboxylic acids is 1. The van der Waals surface area contributed by atoms with E-state index in [4.69, 9.17) is 0 Å². The minimum Gasteiger partial charge on any atom is -0.348 e. The largest absolute Gasteiger partial charge is 0.348 e. The lowest BCUT2D eigenvalue weighted by atomic mass is 9.99. The maximum Gasteiger partial charge on any atom is 0.255 e. The van der Waals surface area contributed by atoms with Crippen LogP contribution in [-0.4, -0.2) is 34.3 Å². The van der Waals surface area contributed by atoms with E-state index in [0.29, 0.717) is 11.6 Å². The van der Waals surface area contributed by atoms with Gasteiger partial charge in [0.05, 0.1) is 23.1 Å². The van der Waals surface area contributed by atoms with Crippen LogP contribution in [0.2, 0.25) is 0 Å². The number of para-hydroxylation sites is 1. The van der Waals surface area contributed by atoms with Crippen LogP contribution in [0.25, 0.3) is 5.69 Å². The molecule has 1 fully saturated rings. The highest BCUT2D eigenvalue weighted by atomic mass is 16.1. The van der Waals surface area contributed by atoms with Crippen LogP contribution in [0.1, 0.15) is 35.8 Å². The summed E-state index contributed by atoms with van der Waals surface area (Å²) in [6.07, 6.45) is 3.77. The van der Waals surface area contributed by atoms with Gasteiger partial charge in [0.25, 0.3) is 5.91 Å². The van der Waals surface area contributed by atoms with Gasteiger partial charge in [0.2, 0.25) is 0 Å². The Bertz CT molecular complexity index is 650. The molecule has 0 aliphatic carbocycles. The molecular weight excluding hydrogens is 276 g/mol. The number of rotatable bonds is 3. The molecule has 1 aliphatic heterocycles. The van der Waals surface area contributed by atoms with Crippen molar-refractivity contribution >= 4 is 5.91 Å². The fourth-order valence-corrected chi connectivity index (χ4v) is 2.95. The predicted molar refractivity (Wildman–Crippen MR) is 86.3 cm³/mol. The maximum absolute atomic E-state index is 12.5. The van der Waals surface area contributed by atoms with Gasteiger partial charge in [-0.25, -0.2) is 4.68 Å². The maximum atomic E-state index is 12.5. The standard InChI is InChI=1S/C17H22N4O/c1-12-16(9-6-10-18-12)20-17(22)15-11-19-21(13(15)2)14-7-4-3-5-8-14/h3-5,7-8,11-12,16,18H,6,9-10H2,1-2H3,(H,20,22). The molecule has 3 rings (SSSR count). The van der Waals surface area contributed by atoms with E-state index < -0.39 is 0 Å². The molecule has 2 aromatic rings. The molecule has 5 heteroatoms. The zero-order valence-corrected chi connectivity index (χ0v) is 13.0. The Morgan fingerprint density at radius 3 is 2.86 bits per heavy atom. The molecule has 22 heavy (non-hydrogen) atoms. The molecule has 1 saturated heterocycles. The van der Waals surface area contributed by atoms with Gasteiger partial charge in [-0.2, -0.15) is 5.10 Å². The summed E-state index contributed by atoms with van der Waals surface area (Å²) in [6.45, 7) is 5.07. The van der Waals surface area contributed by atoms with E-state index in [1.54, 1.807) is 10.9 Å². The number of hydrogen-bond donors (Lipinski definition) is 2. The second kappa shape index (κ2) is 6.32. The van der Waals surface area contributed by atoms with Crippen molar-refractivity contribution in [3.05, 3.63) is 47.8 Å². The molecule has 2 unspecified atom stereocenters. The first kappa shape index (κ1) is 14.8. The number of aromatic nitrogens is 2. The predicted octanol–water partition coefficient (Wildman–Crippen LogP) is 2.05. The second-order valence-electron chi connectivity index (χ2n) is 5.86. The van der Waals surface area contributed by atoms with E-state index in [1.165, 1.54) is 0 Å². The van der Waals surface area contributed by atoms with Gasteiger partial charge in [0, 0.05) is 12.1 Å². The zero-order valence-electron chi connectivity index (χ0n) is 13.0. The van der Waals surface area contributed by atoms with Gasteiger partial charge in [0.1, 0.15) is 0 Å². The molecule has 2 N–H and O–H groups in total. The topological polar surface area (TPSA) is 59.0 Å². The number of nitrogens with zero attached hydrogens (tertiary/aromatic N) is 2. The van der Waals surface area contributed by atoms with Crippen molar-refractivity contribution in [1.29, 1.82) is 0 Å². The lowest BCUT2D eigenvalue weighted by molar-refractivity contribution is 0.0919. The first-order valence-corrected chi connectivity index (χ1v) is 7.81. The van der Waals surface area contributed by atoms with Crippen LogP contribution in [0.5, 0.6) is 0 Å². The normalized spacial score (nSPS) is 21.5. The van der Waals surface area contributed by atoms with Crippen LogP contribution in [0.15, 0.2) is 36.5 Å². The average molecular weight is 298 g/mol. The molecule has 1 aromatic heterocycles. The van der Waals surface area contributed by atoms with Crippen molar-refractivity contribution < 1.29 is 4.79 Å². The molecule has 0 radical (unpaired) electrons. The van der Waals surface area contributed by atoms with Gasteiger partial charge >= 0.3 is 0 Å². The van der Waals surface area contributed by atoms with Gasteiger partial charge in [-0.3, -0.25) is 4.79 Å². The zero-order chi connectivity index (χ0) is 15.5. The van der Waals surface area contributed by atoms with E-state index >= 15 is 0 Å². The van der Waals surface area contributed by atoms with Crippen LogP contribution >= 0.6 is 0 Å². The van der Waals surface area contributed by atoms with Crippen molar-refractivity contribution in [2.24, 2.45) is 0 Å². The summed E-state index contributed by atoms with van der Waals surface area (Å²) in [5.74, 6) is -0.0415. The Balaban J connectivity index is 1.78. The quantitative estimate of drug-likeness (QED) is 0.912. The molecule has 5 nitrogen and oxygen atoms in total. The molecule has 0 spiro atoms. The Morgan fingerprint density at radius 1 is 1.36 bits per heavy atom. The van der Waals surface area contributed by atoms with Gasteiger partial charge in [-0.1, -0.05) is 18.2 Å². The molecule has 1 aliphatic rings. The van der Waals surface area contributed by atoms with Crippen LogP contribution in [-0.2, 0) is 0 Å². The van der Waals surface area contributed by atoms with Crippen LogP contribution in [0, 0.1) is 6.92 Å². The summed E-state index contributed by atoms with van der Waals surface area (Å²) in [6, 6.07) is 10.3. The first-order valence-electron chi connectivity index (χ1n) is 7.81. The van der Waals surface area contributed by atoms with E-state index in [2.05, 4.69) is 22.7 Å². The summed E-state index contributed by atoms with van der Waals surface area (Å²) in [5.41, 5.74) is 2.47. The minimum absolute atomic E-state index is 0.0415. The Morgan fingerprint density at radius 2 is 2.14 bits per heavy atom. The molecule has 2 heterocycles. The number of carbonyl (C=O) groups is 1. The SMILES string of the molecule is Cc1c(C(=O)NC2CCCNC2C)cnn1-c1ccccc1. The third kappa shape index (κ3) is 2.90. The number of benzene rings is 1. The number of nitrogens with one attached hydrogen (secondary N) is 2. The summed E-state index contributed by atoms with van der Waals surface area (Å²) in [5, 5.41) is 10.9. The average Bonchev–Trinajstić information content (AvgIpc) is 2.92. The smallest absolute Gasteiger partial charge is 0.255 e. The van der Waals surface area contributed by atoms with Gasteiger partial charge < -0.3 is 10.6 Å². The van der Waals surface area contributed by atoms with Gasteiger partial charge in [0.15, 0.2) is 0 Å². The third-order valence-corrected chi connectivity index (χ3v) is 4.33. The van der Waals surface area contributed by atoms with Crippen LogP contribution < -0.4 is 10.6 Å². The Labute approximate surface area is 130 Å². The summed E-state index contributed by atoms with van der Waals surface area (Å²) >= 11 is 0. The monoisotopic (exact) mass is 298 g/mol. The van der Waals surface area contributed by atoms with E-state index in [1.807, 2.05) is 37.3 Å². The van der Waals surface area contributed by atoms with Crippen molar-refractivity contribution in [3.63, 3.8) is 0 Å². The Hall–Kier alpha value is -2.14. The molecular formula is C17H22N4O. The number of hydrogen-bond acceptors (Lipinski definition) is 3. The van der Waals surface area contributed by atoms with Crippen LogP contribution in [0.3, 0.4) is 0 Å². The third-order valence-electron chi connectivity index (χ3n) is 4.33. The molecule has 0 bridgehead atoms. The van der Waals surface area contributed by atoms with Gasteiger partial charge in [-0.15, -0.1) is 0 Å². The highest BCUT2D eigenvalue weighted by molar-refractivity contribution is 5.95. The fraction of sp³-hybridized carbons (Fsp3) is 0.412. The Kier molecular flexibility index (Phi) is 4.24. The van der Waals surface area contributed by atoms with Crippen molar-refractivity contribution in [2.75, 3.05) is 6.54 Å². The molecule has 1 amide bonds. The molecule has 1 aromatic carbocycles. The first-order chi connectivity index (χ1) is 10.7. The van der Waals surface area contributed by atoms with Gasteiger partial charge in [-0.05, 0) is 45.4 Å². The molecule has 0 saturated carbocycles. The van der Waals surface area contributed by atoms with Crippen molar-refractivity contribution in [1.82, 2.24) is 20.4 Å². The van der Waals surface area contributed by atoms with E-state index in [9.17, 15) is 4.79 Å². The van der Waals surface area contributed by atoms with Crippen LogP contribution in [0.4, 0.5) is 0 Å². The minimum atomic E-state index is -0.0415. The fourth-order valence-electron chi connectivity index (χ4n) is 2.95. The van der Waals surface area contributed by atoms with E-state index in [0.717, 1.165) is 30.8 Å². The summed E-state index contributed by atoms with van der Waals surface area (Å²) < 4.78 is 1.80. The summed E-state index contributed by atoms with van der Waals surface area (Å²) in [4.78, 5) is 12.5. The van der Waals surface area contributed by atoms with E-state index in [-0.39, 0.29) is 11.9 Å².